The number of carbonyl (C=O) groups excluding carboxylic acids is 1. The van der Waals surface area contributed by atoms with Gasteiger partial charge in [-0.1, -0.05) is 18.2 Å². The van der Waals surface area contributed by atoms with Crippen LogP contribution in [0.5, 0.6) is 0 Å². The second-order valence-electron chi connectivity index (χ2n) is 4.28. The van der Waals surface area contributed by atoms with Gasteiger partial charge in [0.25, 0.3) is 11.6 Å². The van der Waals surface area contributed by atoms with Crippen molar-refractivity contribution in [2.24, 2.45) is 0 Å². The van der Waals surface area contributed by atoms with Gasteiger partial charge in [-0.05, 0) is 23.8 Å². The van der Waals surface area contributed by atoms with Crippen LogP contribution in [-0.4, -0.2) is 10.8 Å². The van der Waals surface area contributed by atoms with Crippen molar-refractivity contribution in [3.8, 4) is 0 Å². The molecule has 0 atom stereocenters. The molecule has 6 nitrogen and oxygen atoms in total. The van der Waals surface area contributed by atoms with Crippen LogP contribution in [0.15, 0.2) is 48.5 Å². The van der Waals surface area contributed by atoms with Crippen molar-refractivity contribution in [1.82, 2.24) is 5.32 Å². The molecule has 0 unspecified atom stereocenters. The molecule has 2 aromatic carbocycles. The maximum absolute atomic E-state index is 12.0. The molecule has 0 fully saturated rings. The third kappa shape index (κ3) is 3.93. The first-order valence-electron chi connectivity index (χ1n) is 6.08. The van der Waals surface area contributed by atoms with Crippen LogP contribution in [0.3, 0.4) is 0 Å². The zero-order chi connectivity index (χ0) is 15.2. The van der Waals surface area contributed by atoms with Crippen molar-refractivity contribution in [3.63, 3.8) is 0 Å². The number of rotatable bonds is 5. The highest BCUT2D eigenvalue weighted by atomic mass is 35.5. The van der Waals surface area contributed by atoms with E-state index in [1.807, 2.05) is 6.07 Å². The number of nitro benzene ring substituents is 1. The van der Waals surface area contributed by atoms with Gasteiger partial charge in [0.15, 0.2) is 0 Å². The maximum Gasteiger partial charge on any atom is 0.270 e. The lowest BCUT2D eigenvalue weighted by molar-refractivity contribution is -0.384. The summed E-state index contributed by atoms with van der Waals surface area (Å²) >= 11 is 5.50. The number of hydrogen-bond donors (Lipinski definition) is 2. The molecule has 1 amide bonds. The van der Waals surface area contributed by atoms with Crippen LogP contribution in [0.25, 0.3) is 0 Å². The molecule has 0 aliphatic heterocycles. The van der Waals surface area contributed by atoms with Crippen LogP contribution in [0.1, 0.15) is 15.9 Å². The average Bonchev–Trinajstić information content (AvgIpc) is 2.53. The summed E-state index contributed by atoms with van der Waals surface area (Å²) in [6.07, 6.45) is 0. The fourth-order valence-corrected chi connectivity index (χ4v) is 1.90. The molecule has 0 radical (unpaired) electrons. The summed E-state index contributed by atoms with van der Waals surface area (Å²) in [5.74, 6) is -0.372. The first kappa shape index (κ1) is 14.8. The first-order valence-corrected chi connectivity index (χ1v) is 6.46. The topological polar surface area (TPSA) is 84.3 Å². The molecule has 21 heavy (non-hydrogen) atoms. The number of carbonyl (C=O) groups is 1. The number of hydrogen-bond acceptors (Lipinski definition) is 4. The Morgan fingerprint density at radius 1 is 1.19 bits per heavy atom. The Morgan fingerprint density at radius 3 is 2.67 bits per heavy atom. The Bertz CT molecular complexity index is 676. The Hall–Kier alpha value is -2.60. The number of non-ortho nitro benzene ring substituents is 1. The van der Waals surface area contributed by atoms with E-state index in [2.05, 4.69) is 10.2 Å². The quantitative estimate of drug-likeness (QED) is 0.505. The number of anilines is 1. The number of nitro groups is 1. The minimum Gasteiger partial charge on any atom is -0.348 e. The lowest BCUT2D eigenvalue weighted by Gasteiger charge is -2.06. The van der Waals surface area contributed by atoms with Gasteiger partial charge >= 0.3 is 0 Å². The van der Waals surface area contributed by atoms with Crippen molar-refractivity contribution in [1.29, 1.82) is 0 Å². The van der Waals surface area contributed by atoms with Crippen LogP contribution in [-0.2, 0) is 6.54 Å². The van der Waals surface area contributed by atoms with Crippen molar-refractivity contribution in [2.75, 3.05) is 4.84 Å². The number of benzene rings is 2. The van der Waals surface area contributed by atoms with Gasteiger partial charge in [-0.15, -0.1) is 0 Å². The zero-order valence-corrected chi connectivity index (χ0v) is 11.6. The summed E-state index contributed by atoms with van der Waals surface area (Å²) < 4.78 is 0. The largest absolute Gasteiger partial charge is 0.348 e. The van der Waals surface area contributed by atoms with Crippen molar-refractivity contribution < 1.29 is 9.72 Å². The summed E-state index contributed by atoms with van der Waals surface area (Å²) in [6, 6.07) is 12.8. The van der Waals surface area contributed by atoms with E-state index in [1.54, 1.807) is 18.2 Å². The van der Waals surface area contributed by atoms with E-state index >= 15 is 0 Å². The zero-order valence-electron chi connectivity index (χ0n) is 10.9. The number of nitrogens with one attached hydrogen (secondary N) is 2. The average molecular weight is 306 g/mol. The summed E-state index contributed by atoms with van der Waals surface area (Å²) in [4.78, 5) is 24.6. The molecule has 2 rings (SSSR count). The normalized spacial score (nSPS) is 9.95. The molecule has 0 bridgehead atoms. The Morgan fingerprint density at radius 2 is 1.95 bits per heavy atom. The lowest BCUT2D eigenvalue weighted by atomic mass is 10.1. The third-order valence-corrected chi connectivity index (χ3v) is 3.03. The Balaban J connectivity index is 2.04. The number of halogens is 1. The second-order valence-corrected chi connectivity index (χ2v) is 4.47. The molecule has 0 saturated heterocycles. The number of amides is 1. The standard InChI is InChI=1S/C14H12ClN3O3/c15-17-12-5-1-3-10(7-12)9-16-14(19)11-4-2-6-13(8-11)18(20)21/h1-8,17H,9H2,(H,16,19). The highest BCUT2D eigenvalue weighted by Gasteiger charge is 2.11. The van der Waals surface area contributed by atoms with Crippen molar-refractivity contribution in [3.05, 3.63) is 69.8 Å². The summed E-state index contributed by atoms with van der Waals surface area (Å²) in [7, 11) is 0. The lowest BCUT2D eigenvalue weighted by Crippen LogP contribution is -2.22. The van der Waals surface area contributed by atoms with E-state index in [0.29, 0.717) is 6.54 Å². The molecule has 7 heteroatoms. The van der Waals surface area contributed by atoms with Gasteiger partial charge < -0.3 is 5.32 Å². The predicted molar refractivity (Wildman–Crippen MR) is 80.2 cm³/mol. The van der Waals surface area contributed by atoms with E-state index in [9.17, 15) is 14.9 Å². The summed E-state index contributed by atoms with van der Waals surface area (Å²) in [6.45, 7) is 0.300. The van der Waals surface area contributed by atoms with Crippen LogP contribution in [0, 0.1) is 10.1 Å². The molecule has 0 saturated carbocycles. The van der Waals surface area contributed by atoms with Gasteiger partial charge in [0, 0.05) is 41.7 Å². The van der Waals surface area contributed by atoms with Gasteiger partial charge in [-0.3, -0.25) is 19.7 Å². The first-order chi connectivity index (χ1) is 10.1. The van der Waals surface area contributed by atoms with Crippen LogP contribution in [0.4, 0.5) is 11.4 Å². The minimum absolute atomic E-state index is 0.115. The van der Waals surface area contributed by atoms with Gasteiger partial charge in [-0.25, -0.2) is 0 Å². The molecule has 2 N–H and O–H groups in total. The van der Waals surface area contributed by atoms with E-state index < -0.39 is 4.92 Å². The molecular weight excluding hydrogens is 294 g/mol. The SMILES string of the molecule is O=C(NCc1cccc(NCl)c1)c1cccc([N+](=O)[O-])c1. The van der Waals surface area contributed by atoms with E-state index in [1.165, 1.54) is 24.3 Å². The smallest absolute Gasteiger partial charge is 0.270 e. The highest BCUT2D eigenvalue weighted by molar-refractivity contribution is 6.23. The molecule has 0 spiro atoms. The van der Waals surface area contributed by atoms with Crippen molar-refractivity contribution in [2.45, 2.75) is 6.54 Å². The molecule has 0 heterocycles. The number of nitrogens with zero attached hydrogens (tertiary/aromatic N) is 1. The highest BCUT2D eigenvalue weighted by Crippen LogP contribution is 2.14. The maximum atomic E-state index is 12.0. The third-order valence-electron chi connectivity index (χ3n) is 2.81. The second kappa shape index (κ2) is 6.71. The summed E-state index contributed by atoms with van der Waals surface area (Å²) in [5.41, 5.74) is 1.71. The molecule has 2 aromatic rings. The fraction of sp³-hybridized carbons (Fsp3) is 0.0714. The molecular formula is C14H12ClN3O3. The Labute approximate surface area is 126 Å². The van der Waals surface area contributed by atoms with E-state index in [-0.39, 0.29) is 17.2 Å². The Kier molecular flexibility index (Phi) is 4.73. The van der Waals surface area contributed by atoms with E-state index in [4.69, 9.17) is 11.8 Å². The molecule has 0 aliphatic rings. The molecule has 0 aliphatic carbocycles. The minimum atomic E-state index is -0.535. The van der Waals surface area contributed by atoms with Gasteiger partial charge in [0.05, 0.1) is 4.92 Å². The monoisotopic (exact) mass is 305 g/mol. The summed E-state index contributed by atoms with van der Waals surface area (Å²) in [5, 5.41) is 13.4. The van der Waals surface area contributed by atoms with Crippen LogP contribution < -0.4 is 10.2 Å². The van der Waals surface area contributed by atoms with Crippen LogP contribution >= 0.6 is 11.8 Å². The van der Waals surface area contributed by atoms with Crippen LogP contribution in [0.2, 0.25) is 0 Å². The van der Waals surface area contributed by atoms with Crippen molar-refractivity contribution >= 4 is 29.1 Å². The van der Waals surface area contributed by atoms with Gasteiger partial charge in [0.1, 0.15) is 0 Å². The van der Waals surface area contributed by atoms with E-state index in [0.717, 1.165) is 11.3 Å². The fourth-order valence-electron chi connectivity index (χ4n) is 1.79. The molecule has 108 valence electrons. The molecule has 0 aromatic heterocycles. The predicted octanol–water partition coefficient (Wildman–Crippen LogP) is 3.09. The van der Waals surface area contributed by atoms with Gasteiger partial charge in [-0.2, -0.15) is 0 Å². The van der Waals surface area contributed by atoms with Gasteiger partial charge in [0.2, 0.25) is 0 Å².